The van der Waals surface area contributed by atoms with E-state index in [1.165, 1.54) is 0 Å². The van der Waals surface area contributed by atoms with Crippen LogP contribution in [0.25, 0.3) is 0 Å². The fraction of sp³-hybridized carbons (Fsp3) is 0.750. The van der Waals surface area contributed by atoms with E-state index in [1.54, 1.807) is 0 Å². The van der Waals surface area contributed by atoms with E-state index in [9.17, 15) is 13.2 Å². The molecular formula is C16H24F3N5. The first-order valence-electron chi connectivity index (χ1n) is 8.49. The third-order valence-electron chi connectivity index (χ3n) is 5.50. The summed E-state index contributed by atoms with van der Waals surface area (Å²) in [6, 6.07) is -0.0234. The smallest absolute Gasteiger partial charge is 0.340 e. The number of rotatable bonds is 2. The van der Waals surface area contributed by atoms with Crippen molar-refractivity contribution in [2.24, 2.45) is 17.4 Å². The summed E-state index contributed by atoms with van der Waals surface area (Å²) in [5, 5.41) is 0. The molecule has 0 spiro atoms. The maximum atomic E-state index is 12.6. The van der Waals surface area contributed by atoms with E-state index in [0.29, 0.717) is 12.5 Å². The molecule has 1 aromatic rings. The predicted molar refractivity (Wildman–Crippen MR) is 85.3 cm³/mol. The van der Waals surface area contributed by atoms with Gasteiger partial charge >= 0.3 is 6.18 Å². The summed E-state index contributed by atoms with van der Waals surface area (Å²) in [4.78, 5) is 9.76. The number of aromatic nitrogens is 2. The Kier molecular flexibility index (Phi) is 4.70. The molecular weight excluding hydrogens is 319 g/mol. The quantitative estimate of drug-likeness (QED) is 0.861. The molecule has 3 atom stereocenters. The van der Waals surface area contributed by atoms with Crippen molar-refractivity contribution in [1.82, 2.24) is 9.97 Å². The van der Waals surface area contributed by atoms with Crippen LogP contribution in [0.4, 0.5) is 19.1 Å². The number of anilines is 1. The minimum absolute atomic E-state index is 0.0234. The number of halogens is 3. The molecule has 2 unspecified atom stereocenters. The van der Waals surface area contributed by atoms with E-state index >= 15 is 0 Å². The lowest BCUT2D eigenvalue weighted by atomic mass is 9.68. The summed E-state index contributed by atoms with van der Waals surface area (Å²) in [7, 11) is 0. The van der Waals surface area contributed by atoms with Gasteiger partial charge in [0.25, 0.3) is 0 Å². The van der Waals surface area contributed by atoms with Crippen LogP contribution in [-0.2, 0) is 6.18 Å². The Morgan fingerprint density at radius 3 is 2.46 bits per heavy atom. The van der Waals surface area contributed by atoms with Gasteiger partial charge in [0.2, 0.25) is 5.95 Å². The third-order valence-corrected chi connectivity index (χ3v) is 5.50. The SMILES string of the molecule is NC1CCCCC1(N)[C@H]1CCCN(c2ncc(C(F)(F)F)cn2)C1. The average Bonchev–Trinajstić information content (AvgIpc) is 2.57. The fourth-order valence-electron chi connectivity index (χ4n) is 3.98. The van der Waals surface area contributed by atoms with Gasteiger partial charge in [0.05, 0.1) is 5.56 Å². The van der Waals surface area contributed by atoms with Crippen molar-refractivity contribution in [3.05, 3.63) is 18.0 Å². The average molecular weight is 343 g/mol. The highest BCUT2D eigenvalue weighted by Crippen LogP contribution is 2.37. The monoisotopic (exact) mass is 343 g/mol. The van der Waals surface area contributed by atoms with Crippen molar-refractivity contribution in [3.63, 3.8) is 0 Å². The molecule has 134 valence electrons. The van der Waals surface area contributed by atoms with Crippen LogP contribution in [0.1, 0.15) is 44.1 Å². The summed E-state index contributed by atoms with van der Waals surface area (Å²) in [5.74, 6) is 0.549. The number of hydrogen-bond donors (Lipinski definition) is 2. The highest BCUT2D eigenvalue weighted by molar-refractivity contribution is 5.32. The summed E-state index contributed by atoms with van der Waals surface area (Å²) < 4.78 is 37.9. The van der Waals surface area contributed by atoms with Gasteiger partial charge in [-0.15, -0.1) is 0 Å². The fourth-order valence-corrected chi connectivity index (χ4v) is 3.98. The van der Waals surface area contributed by atoms with Crippen LogP contribution < -0.4 is 16.4 Å². The summed E-state index contributed by atoms with van der Waals surface area (Å²) in [6.45, 7) is 1.38. The van der Waals surface area contributed by atoms with Crippen LogP contribution in [0.15, 0.2) is 12.4 Å². The summed E-state index contributed by atoms with van der Waals surface area (Å²) in [5.41, 5.74) is 11.7. The molecule has 2 heterocycles. The Bertz CT molecular complexity index is 562. The molecule has 1 saturated heterocycles. The molecule has 1 aliphatic heterocycles. The van der Waals surface area contributed by atoms with Gasteiger partial charge in [0.15, 0.2) is 0 Å². The van der Waals surface area contributed by atoms with Crippen molar-refractivity contribution in [2.75, 3.05) is 18.0 Å². The van der Waals surface area contributed by atoms with E-state index in [4.69, 9.17) is 11.5 Å². The van der Waals surface area contributed by atoms with Gasteiger partial charge in [-0.2, -0.15) is 13.2 Å². The Labute approximate surface area is 139 Å². The number of nitrogens with zero attached hydrogens (tertiary/aromatic N) is 3. The van der Waals surface area contributed by atoms with E-state index < -0.39 is 17.3 Å². The molecule has 1 aliphatic carbocycles. The maximum absolute atomic E-state index is 12.6. The molecule has 8 heteroatoms. The van der Waals surface area contributed by atoms with Crippen LogP contribution >= 0.6 is 0 Å². The molecule has 0 radical (unpaired) electrons. The van der Waals surface area contributed by atoms with Gasteiger partial charge in [0.1, 0.15) is 0 Å². The van der Waals surface area contributed by atoms with Crippen molar-refractivity contribution in [1.29, 1.82) is 0 Å². The van der Waals surface area contributed by atoms with Crippen molar-refractivity contribution >= 4 is 5.95 Å². The van der Waals surface area contributed by atoms with E-state index in [2.05, 4.69) is 9.97 Å². The van der Waals surface area contributed by atoms with Gasteiger partial charge in [-0.05, 0) is 31.6 Å². The normalized spacial score (nSPS) is 32.0. The maximum Gasteiger partial charge on any atom is 0.419 e. The molecule has 0 amide bonds. The van der Waals surface area contributed by atoms with Crippen LogP contribution in [-0.4, -0.2) is 34.6 Å². The highest BCUT2D eigenvalue weighted by Gasteiger charge is 2.43. The Hall–Kier alpha value is -1.41. The Balaban J connectivity index is 1.73. The van der Waals surface area contributed by atoms with Gasteiger partial charge in [-0.1, -0.05) is 12.8 Å². The molecule has 5 nitrogen and oxygen atoms in total. The predicted octanol–water partition coefficient (Wildman–Crippen LogP) is 2.31. The highest BCUT2D eigenvalue weighted by atomic mass is 19.4. The molecule has 4 N–H and O–H groups in total. The lowest BCUT2D eigenvalue weighted by Gasteiger charge is -2.48. The number of nitrogens with two attached hydrogens (primary N) is 2. The van der Waals surface area contributed by atoms with Crippen molar-refractivity contribution in [3.8, 4) is 0 Å². The van der Waals surface area contributed by atoms with Crippen LogP contribution in [0.2, 0.25) is 0 Å². The lowest BCUT2D eigenvalue weighted by Crippen LogP contribution is -2.64. The van der Waals surface area contributed by atoms with E-state index in [0.717, 1.165) is 57.5 Å². The molecule has 0 aromatic carbocycles. The third kappa shape index (κ3) is 3.35. The van der Waals surface area contributed by atoms with Gasteiger partial charge in [-0.3, -0.25) is 0 Å². The van der Waals surface area contributed by atoms with E-state index in [-0.39, 0.29) is 12.0 Å². The van der Waals surface area contributed by atoms with Gasteiger partial charge in [0, 0.05) is 37.1 Å². The lowest BCUT2D eigenvalue weighted by molar-refractivity contribution is -0.138. The number of piperidine rings is 1. The van der Waals surface area contributed by atoms with Crippen LogP contribution in [0, 0.1) is 5.92 Å². The molecule has 3 rings (SSSR count). The molecule has 0 bridgehead atoms. The van der Waals surface area contributed by atoms with Gasteiger partial charge < -0.3 is 16.4 Å². The standard InChI is InChI=1S/C16H24F3N5/c17-16(18,19)12-8-22-14(23-9-12)24-7-3-4-11(10-24)15(21)6-2-1-5-13(15)20/h8-9,11,13H,1-7,10,20-21H2/t11-,13?,15?/m0/s1. The first kappa shape index (κ1) is 17.4. The first-order chi connectivity index (χ1) is 11.3. The zero-order valence-electron chi connectivity index (χ0n) is 13.6. The van der Waals surface area contributed by atoms with Crippen molar-refractivity contribution in [2.45, 2.75) is 56.3 Å². The summed E-state index contributed by atoms with van der Waals surface area (Å²) in [6.07, 6.45) is 3.20. The van der Waals surface area contributed by atoms with E-state index in [1.807, 2.05) is 4.90 Å². The second kappa shape index (κ2) is 6.48. The molecule has 1 aromatic heterocycles. The second-order valence-corrected chi connectivity index (χ2v) is 7.02. The number of alkyl halides is 3. The van der Waals surface area contributed by atoms with Crippen LogP contribution in [0.5, 0.6) is 0 Å². The Morgan fingerprint density at radius 2 is 1.83 bits per heavy atom. The zero-order chi connectivity index (χ0) is 17.4. The molecule has 24 heavy (non-hydrogen) atoms. The minimum atomic E-state index is -4.42. The topological polar surface area (TPSA) is 81.1 Å². The van der Waals surface area contributed by atoms with Crippen LogP contribution in [0.3, 0.4) is 0 Å². The number of hydrogen-bond acceptors (Lipinski definition) is 5. The molecule has 2 fully saturated rings. The first-order valence-corrected chi connectivity index (χ1v) is 8.49. The second-order valence-electron chi connectivity index (χ2n) is 7.02. The summed E-state index contributed by atoms with van der Waals surface area (Å²) >= 11 is 0. The Morgan fingerprint density at radius 1 is 1.12 bits per heavy atom. The van der Waals surface area contributed by atoms with Crippen molar-refractivity contribution < 1.29 is 13.2 Å². The minimum Gasteiger partial charge on any atom is -0.340 e. The zero-order valence-corrected chi connectivity index (χ0v) is 13.6. The largest absolute Gasteiger partial charge is 0.419 e. The molecule has 2 aliphatic rings. The molecule has 1 saturated carbocycles. The van der Waals surface area contributed by atoms with Gasteiger partial charge in [-0.25, -0.2) is 9.97 Å².